The summed E-state index contributed by atoms with van der Waals surface area (Å²) in [5.41, 5.74) is 0.483. The van der Waals surface area contributed by atoms with Crippen LogP contribution in [0.2, 0.25) is 0 Å². The molecule has 2 aromatic rings. The number of carbonyl (C=O) groups excluding carboxylic acids is 1. The highest BCUT2D eigenvalue weighted by atomic mass is 16.5. The predicted octanol–water partition coefficient (Wildman–Crippen LogP) is 1.67. The Morgan fingerprint density at radius 3 is 3.08 bits per heavy atom. The Balaban J connectivity index is 2.61. The molecular weight excluding hydrogens is 172 g/mol. The van der Waals surface area contributed by atoms with Crippen molar-refractivity contribution in [1.29, 1.82) is 0 Å². The number of aromatic hydroxyl groups is 1. The number of benzene rings is 1. The molecule has 0 aliphatic carbocycles. The van der Waals surface area contributed by atoms with Gasteiger partial charge in [0, 0.05) is 6.07 Å². The van der Waals surface area contributed by atoms with Gasteiger partial charge in [0.1, 0.15) is 17.6 Å². The molecule has 66 valence electrons. The molecule has 0 radical (unpaired) electrons. The Morgan fingerprint density at radius 1 is 1.46 bits per heavy atom. The van der Waals surface area contributed by atoms with Gasteiger partial charge in [-0.1, -0.05) is 0 Å². The van der Waals surface area contributed by atoms with Crippen LogP contribution in [0.15, 0.2) is 28.9 Å². The van der Waals surface area contributed by atoms with Crippen LogP contribution in [0.1, 0.15) is 0 Å². The van der Waals surface area contributed by atoms with Gasteiger partial charge in [-0.2, -0.15) is 0 Å². The van der Waals surface area contributed by atoms with Gasteiger partial charge in [0.2, 0.25) is 0 Å². The average Bonchev–Trinajstić information content (AvgIpc) is 2.49. The predicted molar refractivity (Wildman–Crippen MR) is 44.6 cm³/mol. The van der Waals surface area contributed by atoms with Gasteiger partial charge in [0.15, 0.2) is 5.75 Å². The molecule has 0 amide bonds. The summed E-state index contributed by atoms with van der Waals surface area (Å²) in [7, 11) is 0. The molecule has 1 N–H and O–H groups in total. The number of rotatable bonds is 2. The minimum absolute atomic E-state index is 0.111. The maximum atomic E-state index is 10.1. The lowest BCUT2D eigenvalue weighted by atomic mass is 10.2. The van der Waals surface area contributed by atoms with Crippen LogP contribution in [0, 0.1) is 0 Å². The van der Waals surface area contributed by atoms with Crippen LogP contribution in [0.5, 0.6) is 11.5 Å². The fraction of sp³-hybridized carbons (Fsp3) is 0. The molecule has 0 atom stereocenters. The summed E-state index contributed by atoms with van der Waals surface area (Å²) >= 11 is 0. The highest BCUT2D eigenvalue weighted by Gasteiger charge is 2.06. The van der Waals surface area contributed by atoms with Gasteiger partial charge in [-0.15, -0.1) is 0 Å². The van der Waals surface area contributed by atoms with Crippen LogP contribution < -0.4 is 4.74 Å². The van der Waals surface area contributed by atoms with Gasteiger partial charge < -0.3 is 14.3 Å². The molecule has 13 heavy (non-hydrogen) atoms. The molecule has 1 aromatic heterocycles. The SMILES string of the molecule is O=COc1coc2cc(O)ccc12. The molecule has 1 aromatic carbocycles. The molecular formula is C9H6O4. The molecule has 1 heterocycles. The Kier molecular flexibility index (Phi) is 1.66. The van der Waals surface area contributed by atoms with E-state index >= 15 is 0 Å². The molecule has 2 rings (SSSR count). The molecule has 0 fully saturated rings. The van der Waals surface area contributed by atoms with Crippen LogP contribution >= 0.6 is 0 Å². The third-order valence-corrected chi connectivity index (χ3v) is 1.70. The number of ether oxygens (including phenoxy) is 1. The molecule has 0 bridgehead atoms. The van der Waals surface area contributed by atoms with Crippen molar-refractivity contribution in [2.75, 3.05) is 0 Å². The van der Waals surface area contributed by atoms with E-state index < -0.39 is 0 Å². The minimum atomic E-state index is 0.111. The smallest absolute Gasteiger partial charge is 0.298 e. The first-order chi connectivity index (χ1) is 6.31. The average molecular weight is 178 g/mol. The number of phenolic OH excluding ortho intramolecular Hbond substituents is 1. The lowest BCUT2D eigenvalue weighted by Crippen LogP contribution is -1.85. The van der Waals surface area contributed by atoms with Crippen molar-refractivity contribution in [2.24, 2.45) is 0 Å². The van der Waals surface area contributed by atoms with Crippen LogP contribution in [0.4, 0.5) is 0 Å². The molecule has 0 unspecified atom stereocenters. The van der Waals surface area contributed by atoms with Crippen molar-refractivity contribution < 1.29 is 19.1 Å². The first kappa shape index (κ1) is 7.67. The van der Waals surface area contributed by atoms with E-state index in [1.807, 2.05) is 0 Å². The van der Waals surface area contributed by atoms with Gasteiger partial charge in [0.05, 0.1) is 5.39 Å². The number of furan rings is 1. The Hall–Kier alpha value is -1.97. The highest BCUT2D eigenvalue weighted by Crippen LogP contribution is 2.29. The fourth-order valence-electron chi connectivity index (χ4n) is 1.14. The van der Waals surface area contributed by atoms with E-state index in [2.05, 4.69) is 4.74 Å². The van der Waals surface area contributed by atoms with Gasteiger partial charge >= 0.3 is 0 Å². The second-order valence-corrected chi connectivity index (χ2v) is 2.49. The topological polar surface area (TPSA) is 59.7 Å². The molecule has 0 saturated heterocycles. The van der Waals surface area contributed by atoms with E-state index in [0.29, 0.717) is 23.2 Å². The third-order valence-electron chi connectivity index (χ3n) is 1.70. The summed E-state index contributed by atoms with van der Waals surface area (Å²) in [6.45, 7) is 0.331. The summed E-state index contributed by atoms with van der Waals surface area (Å²) in [5.74, 6) is 0.463. The maximum Gasteiger partial charge on any atom is 0.298 e. The van der Waals surface area contributed by atoms with Gasteiger partial charge in [-0.3, -0.25) is 4.79 Å². The zero-order chi connectivity index (χ0) is 9.26. The van der Waals surface area contributed by atoms with Crippen molar-refractivity contribution in [2.45, 2.75) is 0 Å². The lowest BCUT2D eigenvalue weighted by Gasteiger charge is -1.92. The van der Waals surface area contributed by atoms with Crippen molar-refractivity contribution in [1.82, 2.24) is 0 Å². The number of fused-ring (bicyclic) bond motifs is 1. The van der Waals surface area contributed by atoms with Gasteiger partial charge in [-0.25, -0.2) is 0 Å². The van der Waals surface area contributed by atoms with E-state index in [1.165, 1.54) is 18.4 Å². The molecule has 0 aliphatic heterocycles. The first-order valence-corrected chi connectivity index (χ1v) is 3.62. The lowest BCUT2D eigenvalue weighted by molar-refractivity contribution is -0.120. The second-order valence-electron chi connectivity index (χ2n) is 2.49. The summed E-state index contributed by atoms with van der Waals surface area (Å²) in [4.78, 5) is 10.1. The summed E-state index contributed by atoms with van der Waals surface area (Å²) in [6.07, 6.45) is 1.32. The summed E-state index contributed by atoms with van der Waals surface area (Å²) in [6, 6.07) is 4.56. The highest BCUT2D eigenvalue weighted by molar-refractivity contribution is 5.85. The van der Waals surface area contributed by atoms with Gasteiger partial charge in [-0.05, 0) is 12.1 Å². The fourth-order valence-corrected chi connectivity index (χ4v) is 1.14. The van der Waals surface area contributed by atoms with Crippen LogP contribution in [0.3, 0.4) is 0 Å². The summed E-state index contributed by atoms with van der Waals surface area (Å²) in [5, 5.41) is 9.76. The van der Waals surface area contributed by atoms with E-state index in [1.54, 1.807) is 6.07 Å². The van der Waals surface area contributed by atoms with E-state index in [4.69, 9.17) is 9.52 Å². The standard InChI is InChI=1S/C9H6O4/c10-5-13-9-4-12-8-3-6(11)1-2-7(8)9/h1-5,11H. The van der Waals surface area contributed by atoms with Gasteiger partial charge in [0.25, 0.3) is 6.47 Å². The molecule has 0 spiro atoms. The van der Waals surface area contributed by atoms with Crippen molar-refractivity contribution in [3.05, 3.63) is 24.5 Å². The van der Waals surface area contributed by atoms with Crippen LogP contribution in [0.25, 0.3) is 11.0 Å². The van der Waals surface area contributed by atoms with E-state index in [9.17, 15) is 4.79 Å². The van der Waals surface area contributed by atoms with Crippen LogP contribution in [-0.2, 0) is 4.79 Å². The Bertz CT molecular complexity index is 444. The monoisotopic (exact) mass is 178 g/mol. The Labute approximate surface area is 73.3 Å². The maximum absolute atomic E-state index is 10.1. The van der Waals surface area contributed by atoms with Crippen molar-refractivity contribution >= 4 is 17.4 Å². The molecule has 0 saturated carbocycles. The zero-order valence-electron chi connectivity index (χ0n) is 6.56. The summed E-state index contributed by atoms with van der Waals surface area (Å²) < 4.78 is 9.68. The van der Waals surface area contributed by atoms with E-state index in [-0.39, 0.29) is 5.75 Å². The van der Waals surface area contributed by atoms with E-state index in [0.717, 1.165) is 0 Å². The molecule has 0 aliphatic rings. The number of hydrogen-bond donors (Lipinski definition) is 1. The Morgan fingerprint density at radius 2 is 2.31 bits per heavy atom. The first-order valence-electron chi connectivity index (χ1n) is 3.62. The zero-order valence-corrected chi connectivity index (χ0v) is 6.56. The van der Waals surface area contributed by atoms with Crippen LogP contribution in [-0.4, -0.2) is 11.6 Å². The number of carbonyl (C=O) groups is 1. The normalized spacial score (nSPS) is 10.2. The molecule has 4 heteroatoms. The third kappa shape index (κ3) is 1.22. The largest absolute Gasteiger partial charge is 0.508 e. The number of phenols is 1. The minimum Gasteiger partial charge on any atom is -0.508 e. The molecule has 4 nitrogen and oxygen atoms in total. The van der Waals surface area contributed by atoms with Crippen molar-refractivity contribution in [3.8, 4) is 11.5 Å². The quantitative estimate of drug-likeness (QED) is 0.710. The second kappa shape index (κ2) is 2.82. The van der Waals surface area contributed by atoms with Crippen molar-refractivity contribution in [3.63, 3.8) is 0 Å². The number of hydrogen-bond acceptors (Lipinski definition) is 4.